The Morgan fingerprint density at radius 2 is 1.90 bits per heavy atom. The summed E-state index contributed by atoms with van der Waals surface area (Å²) in [7, 11) is -3.08. The van der Waals surface area contributed by atoms with Gasteiger partial charge >= 0.3 is 0 Å². The van der Waals surface area contributed by atoms with Gasteiger partial charge in [0.1, 0.15) is 0 Å². The number of nitrogens with zero attached hydrogens (tertiary/aromatic N) is 2. The fourth-order valence-corrected chi connectivity index (χ4v) is 8.07. The van der Waals surface area contributed by atoms with Crippen LogP contribution in [0.15, 0.2) is 53.5 Å². The third-order valence-electron chi connectivity index (χ3n) is 5.02. The molecule has 0 spiro atoms. The molecule has 0 aliphatic carbocycles. The van der Waals surface area contributed by atoms with Crippen LogP contribution >= 0.6 is 35.0 Å². The van der Waals surface area contributed by atoms with Gasteiger partial charge in [0, 0.05) is 16.8 Å². The fraction of sp³-hybridized carbons (Fsp3) is 0.300. The molecule has 2 aliphatic heterocycles. The molecular formula is C20H18Cl2N2O3S2. The number of amidine groups is 1. The number of sulfone groups is 1. The van der Waals surface area contributed by atoms with E-state index in [2.05, 4.69) is 4.99 Å². The molecule has 4 rings (SSSR count). The molecule has 2 saturated heterocycles. The van der Waals surface area contributed by atoms with Gasteiger partial charge in [-0.3, -0.25) is 4.79 Å². The summed E-state index contributed by atoms with van der Waals surface area (Å²) in [4.78, 5) is 19.0. The van der Waals surface area contributed by atoms with Crippen LogP contribution in [0.2, 0.25) is 10.0 Å². The molecule has 0 aromatic heterocycles. The topological polar surface area (TPSA) is 66.8 Å². The molecule has 0 radical (unpaired) electrons. The van der Waals surface area contributed by atoms with Gasteiger partial charge in [-0.15, -0.1) is 0 Å². The van der Waals surface area contributed by atoms with Gasteiger partial charge in [0.2, 0.25) is 0 Å². The maximum absolute atomic E-state index is 12.7. The maximum Gasteiger partial charge on any atom is 0.280 e. The van der Waals surface area contributed by atoms with Crippen molar-refractivity contribution in [2.24, 2.45) is 4.99 Å². The van der Waals surface area contributed by atoms with Gasteiger partial charge in [-0.05, 0) is 30.2 Å². The van der Waals surface area contributed by atoms with Crippen molar-refractivity contribution in [1.29, 1.82) is 0 Å². The lowest BCUT2D eigenvalue weighted by atomic mass is 10.1. The quantitative estimate of drug-likeness (QED) is 0.679. The molecule has 5 nitrogen and oxygen atoms in total. The molecule has 2 aromatic rings. The number of hydrogen-bond donors (Lipinski definition) is 0. The molecule has 2 heterocycles. The van der Waals surface area contributed by atoms with Gasteiger partial charge in [-0.1, -0.05) is 65.3 Å². The van der Waals surface area contributed by atoms with Crippen molar-refractivity contribution >= 4 is 55.9 Å². The Hall–Kier alpha value is -1.54. The monoisotopic (exact) mass is 468 g/mol. The minimum Gasteiger partial charge on any atom is -0.346 e. The highest BCUT2D eigenvalue weighted by molar-refractivity contribution is 8.15. The maximum atomic E-state index is 12.7. The highest BCUT2D eigenvalue weighted by atomic mass is 35.5. The number of thioether (sulfide) groups is 1. The minimum atomic E-state index is -3.08. The molecule has 9 heteroatoms. The number of carbonyl (C=O) groups excluding carboxylic acids is 1. The number of fused-ring (bicyclic) bond motifs is 1. The summed E-state index contributed by atoms with van der Waals surface area (Å²) in [5.41, 5.74) is 1.42. The summed E-state index contributed by atoms with van der Waals surface area (Å²) in [5.74, 6) is -0.255. The lowest BCUT2D eigenvalue weighted by Gasteiger charge is -2.24. The summed E-state index contributed by atoms with van der Waals surface area (Å²) in [6, 6.07) is 14.4. The summed E-state index contributed by atoms with van der Waals surface area (Å²) < 4.78 is 24.2. The van der Waals surface area contributed by atoms with E-state index < -0.39 is 15.7 Å². The van der Waals surface area contributed by atoms with Crippen LogP contribution in [0.25, 0.3) is 0 Å². The molecule has 152 valence electrons. The Kier molecular flexibility index (Phi) is 5.93. The third kappa shape index (κ3) is 4.63. The van der Waals surface area contributed by atoms with Crippen LogP contribution < -0.4 is 0 Å². The molecule has 2 atom stereocenters. The number of benzene rings is 2. The Labute approximate surface area is 184 Å². The van der Waals surface area contributed by atoms with Gasteiger partial charge in [0.25, 0.3) is 5.91 Å². The molecule has 0 bridgehead atoms. The first-order chi connectivity index (χ1) is 13.8. The lowest BCUT2D eigenvalue weighted by Crippen LogP contribution is -2.39. The molecule has 1 amide bonds. The fourth-order valence-electron chi connectivity index (χ4n) is 3.60. The molecule has 2 aliphatic rings. The molecule has 0 saturated carbocycles. The minimum absolute atomic E-state index is 0.0916. The average molecular weight is 469 g/mol. The van der Waals surface area contributed by atoms with E-state index in [9.17, 15) is 13.2 Å². The Bertz CT molecular complexity index is 1070. The van der Waals surface area contributed by atoms with E-state index in [-0.39, 0.29) is 33.4 Å². The van der Waals surface area contributed by atoms with Crippen molar-refractivity contribution in [2.75, 3.05) is 18.1 Å². The Balaban J connectivity index is 1.60. The van der Waals surface area contributed by atoms with Crippen LogP contribution in [0, 0.1) is 0 Å². The predicted molar refractivity (Wildman–Crippen MR) is 119 cm³/mol. The highest BCUT2D eigenvalue weighted by Crippen LogP contribution is 2.38. The lowest BCUT2D eigenvalue weighted by molar-refractivity contribution is 0.100. The van der Waals surface area contributed by atoms with E-state index in [1.165, 1.54) is 17.8 Å². The van der Waals surface area contributed by atoms with E-state index in [0.29, 0.717) is 16.7 Å². The molecular weight excluding hydrogens is 451 g/mol. The second-order valence-electron chi connectivity index (χ2n) is 7.05. The normalized spacial score (nSPS) is 24.1. The first-order valence-corrected chi connectivity index (χ1v) is 12.5. The zero-order valence-electron chi connectivity index (χ0n) is 15.3. The highest BCUT2D eigenvalue weighted by Gasteiger charge is 2.48. The average Bonchev–Trinajstić information content (AvgIpc) is 3.11. The number of aliphatic imine (C=N–C) groups is 1. The molecule has 29 heavy (non-hydrogen) atoms. The van der Waals surface area contributed by atoms with Crippen molar-refractivity contribution in [3.05, 3.63) is 69.7 Å². The smallest absolute Gasteiger partial charge is 0.280 e. The Morgan fingerprint density at radius 3 is 2.62 bits per heavy atom. The van der Waals surface area contributed by atoms with Crippen molar-refractivity contribution < 1.29 is 13.2 Å². The number of hydrogen-bond acceptors (Lipinski definition) is 4. The molecule has 2 fully saturated rings. The van der Waals surface area contributed by atoms with E-state index in [0.717, 1.165) is 12.0 Å². The van der Waals surface area contributed by atoms with Crippen molar-refractivity contribution in [3.8, 4) is 0 Å². The largest absolute Gasteiger partial charge is 0.346 e. The van der Waals surface area contributed by atoms with Gasteiger partial charge in [0.15, 0.2) is 15.0 Å². The van der Waals surface area contributed by atoms with Crippen molar-refractivity contribution in [2.45, 2.75) is 17.7 Å². The number of carbonyl (C=O) groups is 1. The zero-order chi connectivity index (χ0) is 20.6. The Morgan fingerprint density at radius 1 is 1.14 bits per heavy atom. The first kappa shape index (κ1) is 20.7. The summed E-state index contributed by atoms with van der Waals surface area (Å²) in [6.07, 6.45) is 0.736. The first-order valence-electron chi connectivity index (χ1n) is 9.08. The molecule has 0 N–H and O–H groups in total. The second-order valence-corrected chi connectivity index (χ2v) is 11.3. The zero-order valence-corrected chi connectivity index (χ0v) is 18.4. The van der Waals surface area contributed by atoms with Crippen LogP contribution in [0.5, 0.6) is 0 Å². The third-order valence-corrected chi connectivity index (χ3v) is 8.81. The van der Waals surface area contributed by atoms with E-state index in [4.69, 9.17) is 23.2 Å². The predicted octanol–water partition coefficient (Wildman–Crippen LogP) is 3.95. The van der Waals surface area contributed by atoms with Crippen LogP contribution in [-0.4, -0.2) is 53.7 Å². The standard InChI is InChI=1S/C20H18Cl2N2O3S2/c21-14-6-7-15(16(22)10-14)19(25)23-20-24(9-8-13-4-2-1-3-5-13)17-11-29(26,27)12-18(17)28-20/h1-7,10,17-18H,8-9,11-12H2. The van der Waals surface area contributed by atoms with Gasteiger partial charge < -0.3 is 4.90 Å². The van der Waals surface area contributed by atoms with Crippen molar-refractivity contribution in [3.63, 3.8) is 0 Å². The number of rotatable bonds is 4. The number of amides is 1. The van der Waals surface area contributed by atoms with Gasteiger partial charge in [-0.25, -0.2) is 8.42 Å². The van der Waals surface area contributed by atoms with E-state index >= 15 is 0 Å². The number of halogens is 2. The molecule has 2 unspecified atom stereocenters. The second kappa shape index (κ2) is 8.30. The van der Waals surface area contributed by atoms with Crippen molar-refractivity contribution in [1.82, 2.24) is 4.90 Å². The summed E-state index contributed by atoms with van der Waals surface area (Å²) in [5, 5.41) is 1.14. The van der Waals surface area contributed by atoms with E-state index in [1.807, 2.05) is 35.2 Å². The summed E-state index contributed by atoms with van der Waals surface area (Å²) >= 11 is 13.4. The van der Waals surface area contributed by atoms with Gasteiger partial charge in [-0.2, -0.15) is 4.99 Å². The van der Waals surface area contributed by atoms with Gasteiger partial charge in [0.05, 0.1) is 28.1 Å². The van der Waals surface area contributed by atoms with E-state index in [1.54, 1.807) is 12.1 Å². The molecule has 2 aromatic carbocycles. The summed E-state index contributed by atoms with van der Waals surface area (Å²) in [6.45, 7) is 0.591. The van der Waals surface area contributed by atoms with Crippen LogP contribution in [0.4, 0.5) is 0 Å². The van der Waals surface area contributed by atoms with Crippen LogP contribution in [0.3, 0.4) is 0 Å². The van der Waals surface area contributed by atoms with Crippen LogP contribution in [0.1, 0.15) is 15.9 Å². The van der Waals surface area contributed by atoms with Crippen LogP contribution in [-0.2, 0) is 16.3 Å². The SMILES string of the molecule is O=C(N=C1SC2CS(=O)(=O)CC2N1CCc1ccccc1)c1ccc(Cl)cc1Cl.